The van der Waals surface area contributed by atoms with Crippen LogP contribution in [0.15, 0.2) is 48.5 Å². The minimum absolute atomic E-state index is 0.0436. The Balaban J connectivity index is 2.21. The second kappa shape index (κ2) is 11.9. The van der Waals surface area contributed by atoms with Gasteiger partial charge in [0.15, 0.2) is 0 Å². The fraction of sp³-hybridized carbons (Fsp3) is 0.440. The first-order valence-corrected chi connectivity index (χ1v) is 13.5. The maximum absolute atomic E-state index is 14.3. The Kier molecular flexibility index (Phi) is 9.68. The normalized spacial score (nSPS) is 12.7. The molecule has 2 aromatic rings. The molecular formula is C25H33ClFN3O4S. The Labute approximate surface area is 212 Å². The van der Waals surface area contributed by atoms with E-state index in [4.69, 9.17) is 11.6 Å². The molecule has 10 heteroatoms. The van der Waals surface area contributed by atoms with E-state index in [-0.39, 0.29) is 43.4 Å². The van der Waals surface area contributed by atoms with E-state index in [0.29, 0.717) is 10.6 Å². The second-order valence-electron chi connectivity index (χ2n) is 9.42. The van der Waals surface area contributed by atoms with Crippen molar-refractivity contribution in [1.82, 2.24) is 10.2 Å². The van der Waals surface area contributed by atoms with Crippen LogP contribution in [0.1, 0.15) is 46.1 Å². The first kappa shape index (κ1) is 28.6. The topological polar surface area (TPSA) is 86.8 Å². The highest BCUT2D eigenvalue weighted by molar-refractivity contribution is 7.92. The molecule has 0 aromatic heterocycles. The summed E-state index contributed by atoms with van der Waals surface area (Å²) < 4.78 is 39.8. The standard InChI is InChI=1S/C25H33ClFN3O4S/c1-18(24(32)28-25(2,3)4)29(17-19-11-6-7-12-20(19)26)23(31)15-10-16-30(35(5,33)34)22-14-9-8-13-21(22)27/h6-9,11-14,18H,10,15-17H2,1-5H3,(H,28,32)/t18-/m0/s1. The molecule has 0 spiro atoms. The molecule has 2 amide bonds. The van der Waals surface area contributed by atoms with E-state index >= 15 is 0 Å². The lowest BCUT2D eigenvalue weighted by atomic mass is 10.1. The molecule has 0 aliphatic heterocycles. The van der Waals surface area contributed by atoms with Gasteiger partial charge < -0.3 is 10.2 Å². The van der Waals surface area contributed by atoms with Crippen LogP contribution in [0, 0.1) is 5.82 Å². The number of hydrogen-bond acceptors (Lipinski definition) is 4. The number of sulfonamides is 1. The summed E-state index contributed by atoms with van der Waals surface area (Å²) in [5.74, 6) is -1.33. The van der Waals surface area contributed by atoms with Crippen molar-refractivity contribution in [3.8, 4) is 0 Å². The number of nitrogens with zero attached hydrogens (tertiary/aromatic N) is 2. The van der Waals surface area contributed by atoms with Crippen LogP contribution in [0.2, 0.25) is 5.02 Å². The van der Waals surface area contributed by atoms with Gasteiger partial charge in [-0.05, 0) is 57.9 Å². The zero-order chi connectivity index (χ0) is 26.4. The van der Waals surface area contributed by atoms with Crippen LogP contribution in [0.25, 0.3) is 0 Å². The lowest BCUT2D eigenvalue weighted by Gasteiger charge is -2.32. The maximum atomic E-state index is 14.3. The molecule has 0 bridgehead atoms. The lowest BCUT2D eigenvalue weighted by molar-refractivity contribution is -0.141. The molecule has 0 aliphatic carbocycles. The van der Waals surface area contributed by atoms with Crippen molar-refractivity contribution in [2.75, 3.05) is 17.1 Å². The third-order valence-electron chi connectivity index (χ3n) is 5.24. The van der Waals surface area contributed by atoms with Crippen LogP contribution in [0.5, 0.6) is 0 Å². The number of nitrogens with one attached hydrogen (secondary N) is 1. The number of carbonyl (C=O) groups excluding carboxylic acids is 2. The quantitative estimate of drug-likeness (QED) is 0.499. The largest absolute Gasteiger partial charge is 0.350 e. The predicted octanol–water partition coefficient (Wildman–Crippen LogP) is 4.36. The first-order valence-electron chi connectivity index (χ1n) is 11.3. The van der Waals surface area contributed by atoms with Gasteiger partial charge in [-0.25, -0.2) is 12.8 Å². The molecule has 0 fully saturated rings. The third kappa shape index (κ3) is 8.50. The molecule has 2 aromatic carbocycles. The molecule has 2 rings (SSSR count). The van der Waals surface area contributed by atoms with E-state index < -0.39 is 27.4 Å². The van der Waals surface area contributed by atoms with Gasteiger partial charge in [-0.15, -0.1) is 0 Å². The monoisotopic (exact) mass is 525 g/mol. The molecule has 7 nitrogen and oxygen atoms in total. The molecule has 192 valence electrons. The van der Waals surface area contributed by atoms with Gasteiger partial charge in [-0.3, -0.25) is 13.9 Å². The van der Waals surface area contributed by atoms with Crippen LogP contribution in [-0.4, -0.2) is 49.5 Å². The summed E-state index contributed by atoms with van der Waals surface area (Å²) in [6.07, 6.45) is 1.08. The number of benzene rings is 2. The van der Waals surface area contributed by atoms with Crippen molar-refractivity contribution in [3.63, 3.8) is 0 Å². The van der Waals surface area contributed by atoms with Gasteiger partial charge in [0.05, 0.1) is 11.9 Å². The molecule has 0 saturated carbocycles. The van der Waals surface area contributed by atoms with E-state index in [0.717, 1.165) is 10.6 Å². The van der Waals surface area contributed by atoms with Crippen molar-refractivity contribution < 1.29 is 22.4 Å². The van der Waals surface area contributed by atoms with Crippen molar-refractivity contribution in [3.05, 3.63) is 64.9 Å². The van der Waals surface area contributed by atoms with Gasteiger partial charge >= 0.3 is 0 Å². The van der Waals surface area contributed by atoms with Gasteiger partial charge in [0.1, 0.15) is 11.9 Å². The predicted molar refractivity (Wildman–Crippen MR) is 137 cm³/mol. The van der Waals surface area contributed by atoms with Crippen LogP contribution < -0.4 is 9.62 Å². The number of amides is 2. The Morgan fingerprint density at radius 3 is 2.26 bits per heavy atom. The van der Waals surface area contributed by atoms with E-state index in [1.807, 2.05) is 20.8 Å². The van der Waals surface area contributed by atoms with Crippen molar-refractivity contribution in [2.45, 2.75) is 58.7 Å². The molecule has 0 unspecified atom stereocenters. The van der Waals surface area contributed by atoms with Crippen molar-refractivity contribution >= 4 is 39.1 Å². The maximum Gasteiger partial charge on any atom is 0.242 e. The minimum Gasteiger partial charge on any atom is -0.350 e. The van der Waals surface area contributed by atoms with Crippen molar-refractivity contribution in [2.24, 2.45) is 0 Å². The van der Waals surface area contributed by atoms with Gasteiger partial charge in [-0.2, -0.15) is 0 Å². The smallest absolute Gasteiger partial charge is 0.242 e. The summed E-state index contributed by atoms with van der Waals surface area (Å²) in [7, 11) is -3.78. The number of rotatable bonds is 10. The van der Waals surface area contributed by atoms with Crippen LogP contribution >= 0.6 is 11.6 Å². The van der Waals surface area contributed by atoms with Crippen LogP contribution in [0.4, 0.5) is 10.1 Å². The Hall–Kier alpha value is -2.65. The third-order valence-corrected chi connectivity index (χ3v) is 6.79. The molecule has 1 atom stereocenters. The molecule has 0 heterocycles. The Morgan fingerprint density at radius 1 is 1.09 bits per heavy atom. The van der Waals surface area contributed by atoms with Gasteiger partial charge in [0.25, 0.3) is 0 Å². The highest BCUT2D eigenvalue weighted by Gasteiger charge is 2.29. The first-order chi connectivity index (χ1) is 16.2. The van der Waals surface area contributed by atoms with Gasteiger partial charge in [0, 0.05) is 30.1 Å². The fourth-order valence-corrected chi connectivity index (χ4v) is 4.66. The molecule has 0 saturated heterocycles. The summed E-state index contributed by atoms with van der Waals surface area (Å²) in [4.78, 5) is 27.5. The Morgan fingerprint density at radius 2 is 1.69 bits per heavy atom. The highest BCUT2D eigenvalue weighted by Crippen LogP contribution is 2.23. The summed E-state index contributed by atoms with van der Waals surface area (Å²) in [5.41, 5.74) is 0.121. The highest BCUT2D eigenvalue weighted by atomic mass is 35.5. The molecule has 35 heavy (non-hydrogen) atoms. The van der Waals surface area contributed by atoms with Crippen LogP contribution in [0.3, 0.4) is 0 Å². The summed E-state index contributed by atoms with van der Waals surface area (Å²) in [6.45, 7) is 7.20. The van der Waals surface area contributed by atoms with E-state index in [1.54, 1.807) is 37.3 Å². The zero-order valence-electron chi connectivity index (χ0n) is 20.7. The van der Waals surface area contributed by atoms with Crippen molar-refractivity contribution in [1.29, 1.82) is 0 Å². The van der Waals surface area contributed by atoms with E-state index in [9.17, 15) is 22.4 Å². The average Bonchev–Trinajstić information content (AvgIpc) is 2.74. The lowest BCUT2D eigenvalue weighted by Crippen LogP contribution is -2.52. The van der Waals surface area contributed by atoms with Gasteiger partial charge in [0.2, 0.25) is 21.8 Å². The summed E-state index contributed by atoms with van der Waals surface area (Å²) in [5, 5.41) is 3.35. The summed E-state index contributed by atoms with van der Waals surface area (Å²) in [6, 6.07) is 11.8. The SMILES string of the molecule is C[C@@H](C(=O)NC(C)(C)C)N(Cc1ccccc1Cl)C(=O)CCCN(c1ccccc1F)S(C)(=O)=O. The summed E-state index contributed by atoms with van der Waals surface area (Å²) >= 11 is 6.30. The molecule has 0 radical (unpaired) electrons. The Bertz CT molecular complexity index is 1150. The number of carbonyl (C=O) groups is 2. The zero-order valence-corrected chi connectivity index (χ0v) is 22.3. The number of para-hydroxylation sites is 1. The molecular weight excluding hydrogens is 493 g/mol. The van der Waals surface area contributed by atoms with Gasteiger partial charge in [-0.1, -0.05) is 41.9 Å². The minimum atomic E-state index is -3.78. The van der Waals surface area contributed by atoms with E-state index in [1.165, 1.54) is 23.1 Å². The van der Waals surface area contributed by atoms with Crippen LogP contribution in [-0.2, 0) is 26.2 Å². The van der Waals surface area contributed by atoms with E-state index in [2.05, 4.69) is 5.32 Å². The molecule has 1 N–H and O–H groups in total. The number of halogens is 2. The number of anilines is 1. The fourth-order valence-electron chi connectivity index (χ4n) is 3.50. The molecule has 0 aliphatic rings. The average molecular weight is 526 g/mol. The number of hydrogen-bond donors (Lipinski definition) is 1. The second-order valence-corrected chi connectivity index (χ2v) is 11.7.